The molecule has 3 aromatic rings. The molecule has 0 spiro atoms. The average Bonchev–Trinajstić information content (AvgIpc) is 2.78. The summed E-state index contributed by atoms with van der Waals surface area (Å²) in [4.78, 5) is 23.1. The van der Waals surface area contributed by atoms with Crippen molar-refractivity contribution in [2.45, 2.75) is 37.8 Å². The number of aromatic nitrogens is 2. The fraction of sp³-hybridized carbons (Fsp3) is 0.261. The molecule has 1 aliphatic carbocycles. The number of amides is 2. The molecule has 1 fully saturated rings. The number of nitrogens with zero attached hydrogens (tertiary/aromatic N) is 3. The third kappa shape index (κ3) is 4.90. The van der Waals surface area contributed by atoms with Gasteiger partial charge in [0.15, 0.2) is 0 Å². The summed E-state index contributed by atoms with van der Waals surface area (Å²) in [7, 11) is 0. The van der Waals surface area contributed by atoms with Gasteiger partial charge < -0.3 is 10.1 Å². The zero-order valence-corrected chi connectivity index (χ0v) is 16.1. The van der Waals surface area contributed by atoms with Crippen LogP contribution in [0.25, 0.3) is 0 Å². The van der Waals surface area contributed by atoms with E-state index in [-0.39, 0.29) is 18.2 Å². The Morgan fingerprint density at radius 3 is 2.07 bits per heavy atom. The molecule has 2 aromatic carbocycles. The van der Waals surface area contributed by atoms with Crippen LogP contribution < -0.4 is 15.0 Å². The highest BCUT2D eigenvalue weighted by molar-refractivity contribution is 5.99. The summed E-state index contributed by atoms with van der Waals surface area (Å²) in [5.41, 5.74) is 1.69. The SMILES string of the molecule is O=C(NC1CCC(Oc2cnccn2)CC1)N(c1ccccc1)c1ccccc1. The molecule has 6 heteroatoms. The van der Waals surface area contributed by atoms with Crippen molar-refractivity contribution in [1.29, 1.82) is 0 Å². The highest BCUT2D eigenvalue weighted by Gasteiger charge is 2.26. The van der Waals surface area contributed by atoms with Crippen LogP contribution in [0.2, 0.25) is 0 Å². The van der Waals surface area contributed by atoms with Crippen LogP contribution in [0.1, 0.15) is 25.7 Å². The minimum atomic E-state index is -0.110. The highest BCUT2D eigenvalue weighted by atomic mass is 16.5. The number of nitrogens with one attached hydrogen (secondary N) is 1. The van der Waals surface area contributed by atoms with E-state index in [1.54, 1.807) is 23.5 Å². The van der Waals surface area contributed by atoms with E-state index in [1.165, 1.54) is 0 Å². The van der Waals surface area contributed by atoms with Crippen molar-refractivity contribution in [2.24, 2.45) is 0 Å². The first-order valence-corrected chi connectivity index (χ1v) is 9.93. The number of para-hydroxylation sites is 2. The Hall–Kier alpha value is -3.41. The number of hydrogen-bond donors (Lipinski definition) is 1. The van der Waals surface area contributed by atoms with E-state index in [1.807, 2.05) is 60.7 Å². The second kappa shape index (κ2) is 9.19. The maximum Gasteiger partial charge on any atom is 0.326 e. The summed E-state index contributed by atoms with van der Waals surface area (Å²) in [6.45, 7) is 0. The van der Waals surface area contributed by atoms with Gasteiger partial charge in [-0.05, 0) is 49.9 Å². The molecule has 1 aliphatic rings. The normalized spacial score (nSPS) is 18.6. The van der Waals surface area contributed by atoms with Gasteiger partial charge in [-0.3, -0.25) is 9.88 Å². The van der Waals surface area contributed by atoms with Crippen LogP contribution in [0.3, 0.4) is 0 Å². The third-order valence-corrected chi connectivity index (χ3v) is 5.06. The number of ether oxygens (including phenoxy) is 1. The van der Waals surface area contributed by atoms with Crippen LogP contribution >= 0.6 is 0 Å². The summed E-state index contributed by atoms with van der Waals surface area (Å²) < 4.78 is 5.90. The zero-order chi connectivity index (χ0) is 19.9. The lowest BCUT2D eigenvalue weighted by molar-refractivity contribution is 0.135. The minimum absolute atomic E-state index is 0.110. The standard InChI is InChI=1S/C23H24N4O2/c28-23(27(19-7-3-1-4-8-19)20-9-5-2-6-10-20)26-18-11-13-21(14-12-18)29-22-17-24-15-16-25-22/h1-10,15-18,21H,11-14H2,(H,26,28). The van der Waals surface area contributed by atoms with Gasteiger partial charge in [0, 0.05) is 18.4 Å². The van der Waals surface area contributed by atoms with Gasteiger partial charge in [-0.2, -0.15) is 0 Å². The van der Waals surface area contributed by atoms with Crippen LogP contribution in [0.5, 0.6) is 5.88 Å². The van der Waals surface area contributed by atoms with Crippen molar-refractivity contribution in [3.63, 3.8) is 0 Å². The molecule has 148 valence electrons. The van der Waals surface area contributed by atoms with Crippen molar-refractivity contribution < 1.29 is 9.53 Å². The lowest BCUT2D eigenvalue weighted by atomic mass is 9.93. The van der Waals surface area contributed by atoms with Gasteiger partial charge in [-0.1, -0.05) is 36.4 Å². The number of benzene rings is 2. The Bertz CT molecular complexity index is 858. The maximum absolute atomic E-state index is 13.2. The second-order valence-electron chi connectivity index (χ2n) is 7.09. The smallest absolute Gasteiger partial charge is 0.326 e. The summed E-state index contributed by atoms with van der Waals surface area (Å²) in [5, 5.41) is 3.20. The number of hydrogen-bond acceptors (Lipinski definition) is 4. The van der Waals surface area contributed by atoms with Crippen LogP contribution in [-0.2, 0) is 0 Å². The molecule has 0 aliphatic heterocycles. The molecule has 29 heavy (non-hydrogen) atoms. The van der Waals surface area contributed by atoms with Gasteiger partial charge >= 0.3 is 6.03 Å². The highest BCUT2D eigenvalue weighted by Crippen LogP contribution is 2.27. The van der Waals surface area contributed by atoms with Crippen LogP contribution in [0.15, 0.2) is 79.3 Å². The number of urea groups is 1. The van der Waals surface area contributed by atoms with E-state index in [2.05, 4.69) is 15.3 Å². The minimum Gasteiger partial charge on any atom is -0.473 e. The number of carbonyl (C=O) groups excluding carboxylic acids is 1. The number of anilines is 2. The first-order chi connectivity index (χ1) is 14.3. The lowest BCUT2D eigenvalue weighted by Crippen LogP contribution is -2.45. The molecular weight excluding hydrogens is 364 g/mol. The molecule has 4 rings (SSSR count). The van der Waals surface area contributed by atoms with Crippen LogP contribution in [-0.4, -0.2) is 28.1 Å². The van der Waals surface area contributed by atoms with E-state index in [0.29, 0.717) is 5.88 Å². The molecular formula is C23H24N4O2. The van der Waals surface area contributed by atoms with E-state index in [0.717, 1.165) is 37.1 Å². The average molecular weight is 388 g/mol. The van der Waals surface area contributed by atoms with Gasteiger partial charge in [-0.15, -0.1) is 0 Å². The Morgan fingerprint density at radius 2 is 1.52 bits per heavy atom. The number of rotatable bonds is 5. The Labute approximate surface area is 170 Å². The predicted molar refractivity (Wildman–Crippen MR) is 112 cm³/mol. The maximum atomic E-state index is 13.2. The molecule has 0 radical (unpaired) electrons. The molecule has 1 saturated carbocycles. The van der Waals surface area contributed by atoms with Gasteiger partial charge in [0.1, 0.15) is 6.10 Å². The van der Waals surface area contributed by atoms with Gasteiger partial charge in [0.25, 0.3) is 0 Å². The summed E-state index contributed by atoms with van der Waals surface area (Å²) >= 11 is 0. The summed E-state index contributed by atoms with van der Waals surface area (Å²) in [6, 6.07) is 19.4. The van der Waals surface area contributed by atoms with E-state index in [4.69, 9.17) is 4.74 Å². The van der Waals surface area contributed by atoms with Crippen LogP contribution in [0.4, 0.5) is 16.2 Å². The molecule has 2 amide bonds. The van der Waals surface area contributed by atoms with Crippen molar-refractivity contribution in [3.8, 4) is 5.88 Å². The molecule has 0 unspecified atom stereocenters. The first-order valence-electron chi connectivity index (χ1n) is 9.93. The summed E-state index contributed by atoms with van der Waals surface area (Å²) in [5.74, 6) is 0.555. The largest absolute Gasteiger partial charge is 0.473 e. The molecule has 0 atom stereocenters. The van der Waals surface area contributed by atoms with Crippen molar-refractivity contribution in [1.82, 2.24) is 15.3 Å². The fourth-order valence-corrected chi connectivity index (χ4v) is 3.62. The van der Waals surface area contributed by atoms with E-state index in [9.17, 15) is 4.79 Å². The Kier molecular flexibility index (Phi) is 6.00. The van der Waals surface area contributed by atoms with Crippen molar-refractivity contribution >= 4 is 17.4 Å². The molecule has 0 saturated heterocycles. The Morgan fingerprint density at radius 1 is 0.897 bits per heavy atom. The molecule has 0 bridgehead atoms. The van der Waals surface area contributed by atoms with Crippen molar-refractivity contribution in [3.05, 3.63) is 79.3 Å². The quantitative estimate of drug-likeness (QED) is 0.687. The van der Waals surface area contributed by atoms with Gasteiger partial charge in [0.05, 0.1) is 17.6 Å². The number of carbonyl (C=O) groups is 1. The molecule has 1 aromatic heterocycles. The van der Waals surface area contributed by atoms with E-state index < -0.39 is 0 Å². The van der Waals surface area contributed by atoms with Crippen molar-refractivity contribution in [2.75, 3.05) is 4.90 Å². The van der Waals surface area contributed by atoms with Gasteiger partial charge in [0.2, 0.25) is 5.88 Å². The third-order valence-electron chi connectivity index (χ3n) is 5.06. The van der Waals surface area contributed by atoms with E-state index >= 15 is 0 Å². The fourth-order valence-electron chi connectivity index (χ4n) is 3.62. The summed E-state index contributed by atoms with van der Waals surface area (Å²) in [6.07, 6.45) is 8.48. The van der Waals surface area contributed by atoms with Gasteiger partial charge in [-0.25, -0.2) is 9.78 Å². The van der Waals surface area contributed by atoms with Crippen LogP contribution in [0, 0.1) is 0 Å². The molecule has 1 heterocycles. The lowest BCUT2D eigenvalue weighted by Gasteiger charge is -2.31. The molecule has 1 N–H and O–H groups in total. The zero-order valence-electron chi connectivity index (χ0n) is 16.1. The Balaban J connectivity index is 1.39. The topological polar surface area (TPSA) is 67.3 Å². The second-order valence-corrected chi connectivity index (χ2v) is 7.09. The predicted octanol–water partition coefficient (Wildman–Crippen LogP) is 4.71. The monoisotopic (exact) mass is 388 g/mol. The molecule has 6 nitrogen and oxygen atoms in total. The first kappa shape index (κ1) is 18.9.